The molecule has 0 radical (unpaired) electrons. The van der Waals surface area contributed by atoms with Crippen LogP contribution >= 0.6 is 11.3 Å². The van der Waals surface area contributed by atoms with Gasteiger partial charge in [0, 0.05) is 23.7 Å². The van der Waals surface area contributed by atoms with Crippen LogP contribution in [0, 0.1) is 12.8 Å². The maximum atomic E-state index is 12.3. The summed E-state index contributed by atoms with van der Waals surface area (Å²) in [5.41, 5.74) is 4.15. The Balaban J connectivity index is 1.55. The summed E-state index contributed by atoms with van der Waals surface area (Å²) in [6.45, 7) is 7.08. The molecular weight excluding hydrogens is 394 g/mol. The van der Waals surface area contributed by atoms with Crippen LogP contribution in [0.4, 0.5) is 5.69 Å². The van der Waals surface area contributed by atoms with Crippen LogP contribution < -0.4 is 15.4 Å². The molecule has 0 aliphatic carbocycles. The predicted molar refractivity (Wildman–Crippen MR) is 123 cm³/mol. The number of thiazole rings is 1. The van der Waals surface area contributed by atoms with Crippen LogP contribution in [0.3, 0.4) is 0 Å². The van der Waals surface area contributed by atoms with Gasteiger partial charge < -0.3 is 15.4 Å². The van der Waals surface area contributed by atoms with Crippen molar-refractivity contribution in [2.24, 2.45) is 5.92 Å². The second kappa shape index (κ2) is 10.4. The standard InChI is InChI=1S/C24H29N3O2S/c1-16(2)24(18-7-11-21(29-4)12-8-18)25-14-20-15-30-23(27-20)13-22(28)26-19-9-5-17(3)6-10-19/h5-12,15-16,24-25H,13-14H2,1-4H3,(H,26,28). The van der Waals surface area contributed by atoms with E-state index in [9.17, 15) is 4.79 Å². The Hall–Kier alpha value is -2.70. The van der Waals surface area contributed by atoms with Crippen molar-refractivity contribution in [3.8, 4) is 5.75 Å². The van der Waals surface area contributed by atoms with Gasteiger partial charge >= 0.3 is 0 Å². The lowest BCUT2D eigenvalue weighted by molar-refractivity contribution is -0.115. The SMILES string of the molecule is COc1ccc(C(NCc2csc(CC(=O)Nc3ccc(C)cc3)n2)C(C)C)cc1. The van der Waals surface area contributed by atoms with Gasteiger partial charge in [-0.25, -0.2) is 4.98 Å². The van der Waals surface area contributed by atoms with E-state index in [1.807, 2.05) is 48.7 Å². The molecule has 1 heterocycles. The van der Waals surface area contributed by atoms with Gasteiger partial charge in [-0.2, -0.15) is 0 Å². The van der Waals surface area contributed by atoms with E-state index in [1.54, 1.807) is 7.11 Å². The molecule has 0 fully saturated rings. The molecule has 0 saturated carbocycles. The number of aromatic nitrogens is 1. The van der Waals surface area contributed by atoms with E-state index >= 15 is 0 Å². The Morgan fingerprint density at radius 2 is 1.80 bits per heavy atom. The Kier molecular flexibility index (Phi) is 7.60. The summed E-state index contributed by atoms with van der Waals surface area (Å²) in [6.07, 6.45) is 0.282. The number of rotatable bonds is 9. The Bertz CT molecular complexity index is 949. The Labute approximate surface area is 182 Å². The molecule has 30 heavy (non-hydrogen) atoms. The molecule has 0 aliphatic rings. The number of carbonyl (C=O) groups excluding carboxylic acids is 1. The van der Waals surface area contributed by atoms with E-state index in [0.29, 0.717) is 12.5 Å². The van der Waals surface area contributed by atoms with E-state index in [4.69, 9.17) is 4.74 Å². The van der Waals surface area contributed by atoms with E-state index in [-0.39, 0.29) is 18.4 Å². The first-order valence-corrected chi connectivity index (χ1v) is 11.0. The van der Waals surface area contributed by atoms with Gasteiger partial charge in [0.05, 0.1) is 19.2 Å². The molecule has 0 spiro atoms. The molecule has 158 valence electrons. The number of anilines is 1. The minimum atomic E-state index is -0.0500. The van der Waals surface area contributed by atoms with Gasteiger partial charge in [-0.15, -0.1) is 11.3 Å². The largest absolute Gasteiger partial charge is 0.497 e. The zero-order valence-corrected chi connectivity index (χ0v) is 18.8. The highest BCUT2D eigenvalue weighted by atomic mass is 32.1. The van der Waals surface area contributed by atoms with Crippen molar-refractivity contribution < 1.29 is 9.53 Å². The van der Waals surface area contributed by atoms with Crippen molar-refractivity contribution in [1.29, 1.82) is 0 Å². The summed E-state index contributed by atoms with van der Waals surface area (Å²) in [6, 6.07) is 16.2. The number of nitrogens with one attached hydrogen (secondary N) is 2. The van der Waals surface area contributed by atoms with E-state index in [2.05, 4.69) is 41.6 Å². The zero-order chi connectivity index (χ0) is 21.5. The highest BCUT2D eigenvalue weighted by Gasteiger charge is 2.16. The zero-order valence-electron chi connectivity index (χ0n) is 17.9. The fraction of sp³-hybridized carbons (Fsp3) is 0.333. The minimum Gasteiger partial charge on any atom is -0.497 e. The summed E-state index contributed by atoms with van der Waals surface area (Å²) >= 11 is 1.52. The third kappa shape index (κ3) is 6.15. The fourth-order valence-corrected chi connectivity index (χ4v) is 4.05. The molecule has 0 aliphatic heterocycles. The highest BCUT2D eigenvalue weighted by Crippen LogP contribution is 2.24. The molecule has 1 amide bonds. The molecular formula is C24H29N3O2S. The van der Waals surface area contributed by atoms with Crippen LogP contribution in [-0.4, -0.2) is 18.0 Å². The normalized spacial score (nSPS) is 12.0. The van der Waals surface area contributed by atoms with Crippen molar-refractivity contribution in [2.75, 3.05) is 12.4 Å². The molecule has 0 bridgehead atoms. The minimum absolute atomic E-state index is 0.0500. The molecule has 3 rings (SSSR count). The van der Waals surface area contributed by atoms with Crippen LogP contribution in [0.15, 0.2) is 53.9 Å². The predicted octanol–water partition coefficient (Wildman–Crippen LogP) is 5.13. The third-order valence-electron chi connectivity index (χ3n) is 4.89. The van der Waals surface area contributed by atoms with Gasteiger partial charge in [0.25, 0.3) is 0 Å². The second-order valence-corrected chi connectivity index (χ2v) is 8.64. The maximum absolute atomic E-state index is 12.3. The smallest absolute Gasteiger partial charge is 0.231 e. The molecule has 1 atom stereocenters. The van der Waals surface area contributed by atoms with Crippen LogP contribution in [0.25, 0.3) is 0 Å². The van der Waals surface area contributed by atoms with Gasteiger partial charge in [-0.05, 0) is 42.7 Å². The lowest BCUT2D eigenvalue weighted by Gasteiger charge is -2.23. The second-order valence-electron chi connectivity index (χ2n) is 7.70. The van der Waals surface area contributed by atoms with Gasteiger partial charge in [-0.1, -0.05) is 43.7 Å². The Morgan fingerprint density at radius 1 is 1.10 bits per heavy atom. The number of hydrogen-bond acceptors (Lipinski definition) is 5. The highest BCUT2D eigenvalue weighted by molar-refractivity contribution is 7.09. The molecule has 2 aromatic carbocycles. The van der Waals surface area contributed by atoms with Crippen molar-refractivity contribution >= 4 is 22.9 Å². The first-order valence-electron chi connectivity index (χ1n) is 10.1. The van der Waals surface area contributed by atoms with E-state index in [1.165, 1.54) is 22.5 Å². The molecule has 6 heteroatoms. The first kappa shape index (κ1) is 22.0. The average molecular weight is 424 g/mol. The van der Waals surface area contributed by atoms with Gasteiger partial charge in [-0.3, -0.25) is 4.79 Å². The monoisotopic (exact) mass is 423 g/mol. The number of ether oxygens (including phenoxy) is 1. The number of aryl methyl sites for hydroxylation is 1. The van der Waals surface area contributed by atoms with Crippen LogP contribution in [0.1, 0.15) is 41.7 Å². The van der Waals surface area contributed by atoms with Crippen molar-refractivity contribution in [2.45, 2.75) is 39.8 Å². The van der Waals surface area contributed by atoms with Gasteiger partial charge in [0.2, 0.25) is 5.91 Å². The van der Waals surface area contributed by atoms with Crippen molar-refractivity contribution in [1.82, 2.24) is 10.3 Å². The average Bonchev–Trinajstić information content (AvgIpc) is 3.17. The molecule has 1 unspecified atom stereocenters. The summed E-state index contributed by atoms with van der Waals surface area (Å²) in [7, 11) is 1.67. The molecule has 0 saturated heterocycles. The fourth-order valence-electron chi connectivity index (χ4n) is 3.25. The number of hydrogen-bond donors (Lipinski definition) is 2. The van der Waals surface area contributed by atoms with E-state index < -0.39 is 0 Å². The number of amides is 1. The van der Waals surface area contributed by atoms with Gasteiger partial charge in [0.1, 0.15) is 10.8 Å². The number of benzene rings is 2. The number of carbonyl (C=O) groups is 1. The topological polar surface area (TPSA) is 63.2 Å². The van der Waals surface area contributed by atoms with Gasteiger partial charge in [0.15, 0.2) is 0 Å². The molecule has 2 N–H and O–H groups in total. The summed E-state index contributed by atoms with van der Waals surface area (Å²) in [4.78, 5) is 16.9. The molecule has 1 aromatic heterocycles. The van der Waals surface area contributed by atoms with E-state index in [0.717, 1.165) is 22.1 Å². The quantitative estimate of drug-likeness (QED) is 0.501. The summed E-state index contributed by atoms with van der Waals surface area (Å²) in [5.74, 6) is 1.23. The third-order valence-corrected chi connectivity index (χ3v) is 5.79. The summed E-state index contributed by atoms with van der Waals surface area (Å²) < 4.78 is 5.25. The molecule has 5 nitrogen and oxygen atoms in total. The first-order chi connectivity index (χ1) is 14.4. The van der Waals surface area contributed by atoms with Crippen LogP contribution in [0.5, 0.6) is 5.75 Å². The summed E-state index contributed by atoms with van der Waals surface area (Å²) in [5, 5.41) is 9.37. The van der Waals surface area contributed by atoms with Crippen molar-refractivity contribution in [3.63, 3.8) is 0 Å². The van der Waals surface area contributed by atoms with Crippen molar-refractivity contribution in [3.05, 3.63) is 75.7 Å². The van der Waals surface area contributed by atoms with Crippen LogP contribution in [-0.2, 0) is 17.8 Å². The number of nitrogens with zero attached hydrogens (tertiary/aromatic N) is 1. The number of methoxy groups -OCH3 is 1. The van der Waals surface area contributed by atoms with Crippen LogP contribution in [0.2, 0.25) is 0 Å². The lowest BCUT2D eigenvalue weighted by Crippen LogP contribution is -2.25. The molecule has 3 aromatic rings. The Morgan fingerprint density at radius 3 is 2.43 bits per heavy atom. The lowest BCUT2D eigenvalue weighted by atomic mass is 9.96. The maximum Gasteiger partial charge on any atom is 0.231 e.